The zero-order valence-corrected chi connectivity index (χ0v) is 20.8. The predicted octanol–water partition coefficient (Wildman–Crippen LogP) is 3.88. The van der Waals surface area contributed by atoms with E-state index in [-0.39, 0.29) is 18.4 Å². The molecule has 35 heavy (non-hydrogen) atoms. The van der Waals surface area contributed by atoms with Crippen LogP contribution in [0.3, 0.4) is 0 Å². The lowest BCUT2D eigenvalue weighted by Crippen LogP contribution is -2.50. The first kappa shape index (κ1) is 24.5. The van der Waals surface area contributed by atoms with E-state index in [2.05, 4.69) is 15.4 Å². The molecular formula is C27H32N4O4. The number of para-hydroxylation sites is 1. The summed E-state index contributed by atoms with van der Waals surface area (Å²) in [5.41, 5.74) is 5.26. The Morgan fingerprint density at radius 3 is 2.46 bits per heavy atom. The SMILES string of the molecule is Cc1cccc(NC(=O)CN2CCN(C(=O)c3ccccc3OCc3c(C)noc3C)CC2)c1C. The Morgan fingerprint density at radius 2 is 1.74 bits per heavy atom. The van der Waals surface area contributed by atoms with Crippen LogP contribution in [0.2, 0.25) is 0 Å². The molecule has 0 saturated carbocycles. The van der Waals surface area contributed by atoms with Gasteiger partial charge in [0, 0.05) is 31.9 Å². The van der Waals surface area contributed by atoms with Gasteiger partial charge in [0.25, 0.3) is 5.91 Å². The second-order valence-corrected chi connectivity index (χ2v) is 8.95. The predicted molar refractivity (Wildman–Crippen MR) is 134 cm³/mol. The highest BCUT2D eigenvalue weighted by atomic mass is 16.5. The van der Waals surface area contributed by atoms with Gasteiger partial charge in [-0.05, 0) is 57.0 Å². The van der Waals surface area contributed by atoms with E-state index in [1.54, 1.807) is 12.1 Å². The monoisotopic (exact) mass is 476 g/mol. The lowest BCUT2D eigenvalue weighted by molar-refractivity contribution is -0.117. The number of rotatable bonds is 7. The number of nitrogens with zero attached hydrogens (tertiary/aromatic N) is 3. The summed E-state index contributed by atoms with van der Waals surface area (Å²) >= 11 is 0. The second-order valence-electron chi connectivity index (χ2n) is 8.95. The van der Waals surface area contributed by atoms with Gasteiger partial charge in [0.15, 0.2) is 0 Å². The first-order chi connectivity index (χ1) is 16.8. The molecule has 0 unspecified atom stereocenters. The standard InChI is InChI=1S/C27H32N4O4/c1-18-8-7-10-24(19(18)2)28-26(32)16-30-12-14-31(15-13-30)27(33)22-9-5-6-11-25(22)34-17-23-20(3)29-35-21(23)4/h5-11H,12-17H2,1-4H3,(H,28,32). The Balaban J connectivity index is 1.32. The molecule has 0 spiro atoms. The molecule has 3 aromatic rings. The van der Waals surface area contributed by atoms with Crippen molar-refractivity contribution >= 4 is 17.5 Å². The van der Waals surface area contributed by atoms with Crippen LogP contribution in [0.15, 0.2) is 47.0 Å². The van der Waals surface area contributed by atoms with Gasteiger partial charge in [-0.1, -0.05) is 29.4 Å². The molecule has 0 aliphatic carbocycles. The fourth-order valence-corrected chi connectivity index (χ4v) is 4.19. The molecular weight excluding hydrogens is 444 g/mol. The van der Waals surface area contributed by atoms with Crippen molar-refractivity contribution in [3.8, 4) is 5.75 Å². The lowest BCUT2D eigenvalue weighted by Gasteiger charge is -2.34. The maximum atomic E-state index is 13.3. The molecule has 2 amide bonds. The molecule has 1 saturated heterocycles. The largest absolute Gasteiger partial charge is 0.488 e. The van der Waals surface area contributed by atoms with E-state index in [1.807, 2.05) is 62.9 Å². The van der Waals surface area contributed by atoms with Crippen molar-refractivity contribution in [2.75, 3.05) is 38.0 Å². The average Bonchev–Trinajstić information content (AvgIpc) is 3.18. The molecule has 0 atom stereocenters. The fourth-order valence-electron chi connectivity index (χ4n) is 4.19. The topological polar surface area (TPSA) is 87.9 Å². The number of hydrogen-bond donors (Lipinski definition) is 1. The average molecular weight is 477 g/mol. The van der Waals surface area contributed by atoms with Crippen LogP contribution in [-0.2, 0) is 11.4 Å². The summed E-state index contributed by atoms with van der Waals surface area (Å²) in [7, 11) is 0. The number of ether oxygens (including phenoxy) is 1. The number of aryl methyl sites for hydroxylation is 3. The smallest absolute Gasteiger partial charge is 0.257 e. The van der Waals surface area contributed by atoms with E-state index in [0.29, 0.717) is 49.8 Å². The second kappa shape index (κ2) is 10.7. The summed E-state index contributed by atoms with van der Waals surface area (Å²) in [5, 5.41) is 6.97. The number of aromatic nitrogens is 1. The van der Waals surface area contributed by atoms with E-state index in [1.165, 1.54) is 0 Å². The highest BCUT2D eigenvalue weighted by Crippen LogP contribution is 2.24. The van der Waals surface area contributed by atoms with Crippen molar-refractivity contribution in [2.24, 2.45) is 0 Å². The molecule has 1 N–H and O–H groups in total. The molecule has 0 radical (unpaired) electrons. The van der Waals surface area contributed by atoms with Gasteiger partial charge in [0.05, 0.1) is 23.4 Å². The van der Waals surface area contributed by atoms with Gasteiger partial charge in [-0.25, -0.2) is 0 Å². The van der Waals surface area contributed by atoms with Gasteiger partial charge in [-0.15, -0.1) is 0 Å². The van der Waals surface area contributed by atoms with E-state index >= 15 is 0 Å². The van der Waals surface area contributed by atoms with Crippen LogP contribution < -0.4 is 10.1 Å². The van der Waals surface area contributed by atoms with Gasteiger partial charge >= 0.3 is 0 Å². The Hall–Kier alpha value is -3.65. The molecule has 2 heterocycles. The normalized spacial score (nSPS) is 14.1. The van der Waals surface area contributed by atoms with Crippen LogP contribution in [0, 0.1) is 27.7 Å². The van der Waals surface area contributed by atoms with Crippen molar-refractivity contribution in [1.29, 1.82) is 0 Å². The number of nitrogens with one attached hydrogen (secondary N) is 1. The molecule has 1 fully saturated rings. The molecule has 1 aliphatic heterocycles. The Bertz CT molecular complexity index is 1190. The number of hydrogen-bond acceptors (Lipinski definition) is 6. The molecule has 2 aromatic carbocycles. The third-order valence-electron chi connectivity index (χ3n) is 6.58. The van der Waals surface area contributed by atoms with E-state index in [9.17, 15) is 9.59 Å². The van der Waals surface area contributed by atoms with Crippen LogP contribution in [0.5, 0.6) is 5.75 Å². The van der Waals surface area contributed by atoms with Crippen molar-refractivity contribution in [3.05, 3.63) is 76.2 Å². The summed E-state index contributed by atoms with van der Waals surface area (Å²) in [4.78, 5) is 29.7. The first-order valence-corrected chi connectivity index (χ1v) is 11.8. The van der Waals surface area contributed by atoms with Crippen LogP contribution in [0.4, 0.5) is 5.69 Å². The molecule has 8 heteroatoms. The third-order valence-corrected chi connectivity index (χ3v) is 6.58. The number of piperazine rings is 1. The number of amides is 2. The van der Waals surface area contributed by atoms with Gasteiger partial charge in [-0.3, -0.25) is 14.5 Å². The van der Waals surface area contributed by atoms with Gasteiger partial charge in [0.2, 0.25) is 5.91 Å². The van der Waals surface area contributed by atoms with Crippen LogP contribution >= 0.6 is 0 Å². The zero-order valence-electron chi connectivity index (χ0n) is 20.8. The van der Waals surface area contributed by atoms with Crippen molar-refractivity contribution in [2.45, 2.75) is 34.3 Å². The number of carbonyl (C=O) groups excluding carboxylic acids is 2. The van der Waals surface area contributed by atoms with E-state index < -0.39 is 0 Å². The maximum absolute atomic E-state index is 13.3. The van der Waals surface area contributed by atoms with Crippen LogP contribution in [0.25, 0.3) is 0 Å². The number of anilines is 1. The van der Waals surface area contributed by atoms with Crippen molar-refractivity contribution in [1.82, 2.24) is 15.0 Å². The molecule has 4 rings (SSSR count). The molecule has 1 aromatic heterocycles. The van der Waals surface area contributed by atoms with Crippen molar-refractivity contribution in [3.63, 3.8) is 0 Å². The summed E-state index contributed by atoms with van der Waals surface area (Å²) in [6.45, 7) is 10.7. The third kappa shape index (κ3) is 5.71. The lowest BCUT2D eigenvalue weighted by atomic mass is 10.1. The Morgan fingerprint density at radius 1 is 1.00 bits per heavy atom. The van der Waals surface area contributed by atoms with Crippen LogP contribution in [0.1, 0.15) is 38.5 Å². The van der Waals surface area contributed by atoms with E-state index in [4.69, 9.17) is 9.26 Å². The minimum absolute atomic E-state index is 0.0449. The maximum Gasteiger partial charge on any atom is 0.257 e. The number of benzene rings is 2. The first-order valence-electron chi connectivity index (χ1n) is 11.8. The molecule has 8 nitrogen and oxygen atoms in total. The quantitative estimate of drug-likeness (QED) is 0.557. The Labute approximate surface area is 205 Å². The summed E-state index contributed by atoms with van der Waals surface area (Å²) in [6, 6.07) is 13.2. The molecule has 184 valence electrons. The molecule has 0 bridgehead atoms. The van der Waals surface area contributed by atoms with Gasteiger partial charge in [-0.2, -0.15) is 0 Å². The van der Waals surface area contributed by atoms with Gasteiger partial charge in [0.1, 0.15) is 18.1 Å². The fraction of sp³-hybridized carbons (Fsp3) is 0.370. The minimum Gasteiger partial charge on any atom is -0.488 e. The summed E-state index contributed by atoms with van der Waals surface area (Å²) in [6.07, 6.45) is 0. The zero-order chi connectivity index (χ0) is 24.9. The summed E-state index contributed by atoms with van der Waals surface area (Å²) in [5.74, 6) is 1.13. The van der Waals surface area contributed by atoms with Crippen LogP contribution in [-0.4, -0.2) is 59.5 Å². The number of carbonyl (C=O) groups is 2. The molecule has 1 aliphatic rings. The summed E-state index contributed by atoms with van der Waals surface area (Å²) < 4.78 is 11.2. The minimum atomic E-state index is -0.0705. The highest BCUT2D eigenvalue weighted by Gasteiger charge is 2.25. The van der Waals surface area contributed by atoms with Gasteiger partial charge < -0.3 is 19.5 Å². The highest BCUT2D eigenvalue weighted by molar-refractivity contribution is 5.97. The van der Waals surface area contributed by atoms with Crippen molar-refractivity contribution < 1.29 is 18.8 Å². The van der Waals surface area contributed by atoms with E-state index in [0.717, 1.165) is 28.1 Å². The Kier molecular flexibility index (Phi) is 7.51.